The third-order valence-corrected chi connectivity index (χ3v) is 1.03. The lowest BCUT2D eigenvalue weighted by molar-refractivity contribution is 1.20. The zero-order valence-electron chi connectivity index (χ0n) is 5.50. The summed E-state index contributed by atoms with van der Waals surface area (Å²) in [7, 11) is 0. The monoisotopic (exact) mass is 121 g/mol. The number of aromatic amines is 1. The Labute approximate surface area is 52.4 Å². The molecule has 4 heteroatoms. The highest BCUT2D eigenvalue weighted by molar-refractivity contribution is 5.67. The molecule has 0 radical (unpaired) electrons. The first-order chi connectivity index (χ1) is 4.88. The number of nitrogens with one attached hydrogen (secondary N) is 1. The average Bonchev–Trinajstić information content (AvgIpc) is 2.36. The Kier molecular flexibility index (Phi) is 0.597. The summed E-state index contributed by atoms with van der Waals surface area (Å²) in [4.78, 5) is 14.1. The lowest BCUT2D eigenvalue weighted by atomic mass is 10.6. The molecule has 4 nitrogen and oxygen atoms in total. The van der Waals surface area contributed by atoms with Crippen molar-refractivity contribution >= 4 is 11.2 Å². The van der Waals surface area contributed by atoms with E-state index in [2.05, 4.69) is 19.9 Å². The van der Waals surface area contributed by atoms with Gasteiger partial charge in [-0.2, -0.15) is 0 Å². The molecule has 0 amide bonds. The summed E-state index contributed by atoms with van der Waals surface area (Å²) in [6.07, 6.45) is 3.01. The standard InChI is InChI=1S/C5H4N4/c1-4-5(8-2-6-1)9-3-7-4/h1-3H,(H,6,7,8,9)/i1D. The van der Waals surface area contributed by atoms with Crippen LogP contribution in [0.1, 0.15) is 1.37 Å². The predicted molar refractivity (Wildman–Crippen MR) is 31.7 cm³/mol. The summed E-state index contributed by atoms with van der Waals surface area (Å²) in [5.74, 6) is 0. The number of hydrogen-bond acceptors (Lipinski definition) is 3. The summed E-state index contributed by atoms with van der Waals surface area (Å²) in [6.45, 7) is 0. The van der Waals surface area contributed by atoms with Crippen LogP contribution in [-0.4, -0.2) is 19.9 Å². The number of imidazole rings is 1. The molecular weight excluding hydrogens is 116 g/mol. The quantitative estimate of drug-likeness (QED) is 0.547. The summed E-state index contributed by atoms with van der Waals surface area (Å²) in [5, 5.41) is 0. The Hall–Kier alpha value is -1.45. The number of rotatable bonds is 0. The number of fused-ring (bicyclic) bond motifs is 1. The van der Waals surface area contributed by atoms with E-state index in [4.69, 9.17) is 1.37 Å². The molecule has 0 atom stereocenters. The highest BCUT2D eigenvalue weighted by Crippen LogP contribution is 1.99. The highest BCUT2D eigenvalue weighted by atomic mass is 15.0. The molecule has 0 aliphatic heterocycles. The molecule has 2 rings (SSSR count). The van der Waals surface area contributed by atoms with Crippen molar-refractivity contribution in [3.63, 3.8) is 0 Å². The molecular formula is C5H4N4. The molecule has 2 heterocycles. The Morgan fingerprint density at radius 2 is 2.56 bits per heavy atom. The Bertz CT molecular complexity index is 355. The van der Waals surface area contributed by atoms with E-state index in [-0.39, 0.29) is 6.17 Å². The maximum atomic E-state index is 7.26. The number of nitrogens with zero attached hydrogens (tertiary/aromatic N) is 3. The largest absolute Gasteiger partial charge is 0.342 e. The fourth-order valence-corrected chi connectivity index (χ4v) is 0.644. The minimum Gasteiger partial charge on any atom is -0.342 e. The number of hydrogen-bond donors (Lipinski definition) is 1. The van der Waals surface area contributed by atoms with Gasteiger partial charge < -0.3 is 4.98 Å². The predicted octanol–water partition coefficient (Wildman–Crippen LogP) is 0.353. The van der Waals surface area contributed by atoms with Gasteiger partial charge in [0.2, 0.25) is 0 Å². The Balaban J connectivity index is 2.95. The second-order valence-corrected chi connectivity index (χ2v) is 1.59. The van der Waals surface area contributed by atoms with Crippen molar-refractivity contribution < 1.29 is 1.37 Å². The second kappa shape index (κ2) is 1.51. The van der Waals surface area contributed by atoms with Crippen LogP contribution < -0.4 is 0 Å². The number of aromatic nitrogens is 4. The van der Waals surface area contributed by atoms with Crippen molar-refractivity contribution in [2.24, 2.45) is 0 Å². The molecule has 0 fully saturated rings. The molecule has 0 spiro atoms. The van der Waals surface area contributed by atoms with E-state index in [9.17, 15) is 0 Å². The summed E-state index contributed by atoms with van der Waals surface area (Å²) < 4.78 is 7.26. The van der Waals surface area contributed by atoms with E-state index in [1.54, 1.807) is 0 Å². The normalized spacial score (nSPS) is 11.8. The van der Waals surface area contributed by atoms with Crippen LogP contribution in [-0.2, 0) is 0 Å². The molecule has 0 aromatic carbocycles. The van der Waals surface area contributed by atoms with Crippen molar-refractivity contribution in [2.45, 2.75) is 0 Å². The molecule has 2 aromatic heterocycles. The molecule has 44 valence electrons. The summed E-state index contributed by atoms with van der Waals surface area (Å²) in [6, 6.07) is 0. The molecule has 0 saturated carbocycles. The van der Waals surface area contributed by atoms with Gasteiger partial charge >= 0.3 is 0 Å². The van der Waals surface area contributed by atoms with Crippen LogP contribution in [0.15, 0.2) is 18.8 Å². The molecule has 0 aliphatic carbocycles. The third kappa shape index (κ3) is 0.561. The molecule has 2 aromatic rings. The van der Waals surface area contributed by atoms with Crippen LogP contribution in [0.3, 0.4) is 0 Å². The van der Waals surface area contributed by atoms with Crippen LogP contribution in [0.5, 0.6) is 0 Å². The van der Waals surface area contributed by atoms with Gasteiger partial charge in [0.05, 0.1) is 13.9 Å². The summed E-state index contributed by atoms with van der Waals surface area (Å²) in [5.41, 5.74) is 1.13. The highest BCUT2D eigenvalue weighted by Gasteiger charge is 1.91. The Morgan fingerprint density at radius 1 is 1.56 bits per heavy atom. The molecule has 1 N–H and O–H groups in total. The summed E-state index contributed by atoms with van der Waals surface area (Å²) >= 11 is 0. The van der Waals surface area contributed by atoms with E-state index >= 15 is 0 Å². The second-order valence-electron chi connectivity index (χ2n) is 1.59. The minimum absolute atomic E-state index is 0.183. The van der Waals surface area contributed by atoms with Crippen molar-refractivity contribution in [3.05, 3.63) is 18.8 Å². The van der Waals surface area contributed by atoms with Gasteiger partial charge in [0.1, 0.15) is 11.8 Å². The average molecular weight is 121 g/mol. The first-order valence-corrected chi connectivity index (χ1v) is 2.48. The van der Waals surface area contributed by atoms with Gasteiger partial charge in [0, 0.05) is 0 Å². The van der Waals surface area contributed by atoms with Crippen LogP contribution in [0.2, 0.25) is 0 Å². The zero-order chi connectivity index (χ0) is 6.97. The van der Waals surface area contributed by atoms with Crippen LogP contribution >= 0.6 is 0 Å². The van der Waals surface area contributed by atoms with Gasteiger partial charge in [-0.05, 0) is 0 Å². The van der Waals surface area contributed by atoms with E-state index in [0.29, 0.717) is 11.2 Å². The number of H-pyrrole nitrogens is 1. The van der Waals surface area contributed by atoms with Crippen molar-refractivity contribution in [3.8, 4) is 0 Å². The first kappa shape index (κ1) is 3.55. The van der Waals surface area contributed by atoms with E-state index in [1.165, 1.54) is 12.7 Å². The van der Waals surface area contributed by atoms with E-state index in [0.717, 1.165) is 0 Å². The van der Waals surface area contributed by atoms with E-state index < -0.39 is 0 Å². The third-order valence-electron chi connectivity index (χ3n) is 1.03. The smallest absolute Gasteiger partial charge is 0.180 e. The first-order valence-electron chi connectivity index (χ1n) is 2.98. The molecule has 0 saturated heterocycles. The van der Waals surface area contributed by atoms with Crippen LogP contribution in [0.4, 0.5) is 0 Å². The van der Waals surface area contributed by atoms with Gasteiger partial charge in [-0.15, -0.1) is 0 Å². The fourth-order valence-electron chi connectivity index (χ4n) is 0.644. The van der Waals surface area contributed by atoms with Gasteiger partial charge in [-0.1, -0.05) is 0 Å². The zero-order valence-corrected chi connectivity index (χ0v) is 4.50. The lowest BCUT2D eigenvalue weighted by Gasteiger charge is -1.80. The van der Waals surface area contributed by atoms with E-state index in [1.807, 2.05) is 0 Å². The molecule has 0 aliphatic rings. The topological polar surface area (TPSA) is 54.5 Å². The molecule has 0 bridgehead atoms. The van der Waals surface area contributed by atoms with Gasteiger partial charge in [-0.25, -0.2) is 15.0 Å². The SMILES string of the molecule is [2H]c1ncnc2nc[nH]c12. The maximum absolute atomic E-state index is 7.26. The molecule has 9 heavy (non-hydrogen) atoms. The Morgan fingerprint density at radius 3 is 3.44 bits per heavy atom. The lowest BCUT2D eigenvalue weighted by Crippen LogP contribution is -1.76. The van der Waals surface area contributed by atoms with Crippen molar-refractivity contribution in [1.29, 1.82) is 0 Å². The van der Waals surface area contributed by atoms with Crippen LogP contribution in [0.25, 0.3) is 11.2 Å². The molecule has 0 unspecified atom stereocenters. The maximum Gasteiger partial charge on any atom is 0.180 e. The van der Waals surface area contributed by atoms with Gasteiger partial charge in [-0.3, -0.25) is 0 Å². The minimum atomic E-state index is 0.183. The van der Waals surface area contributed by atoms with Gasteiger partial charge in [0.25, 0.3) is 0 Å². The van der Waals surface area contributed by atoms with Crippen LogP contribution in [0, 0.1) is 0 Å². The van der Waals surface area contributed by atoms with Gasteiger partial charge in [0.15, 0.2) is 5.65 Å². The van der Waals surface area contributed by atoms with Crippen molar-refractivity contribution in [1.82, 2.24) is 19.9 Å². The van der Waals surface area contributed by atoms with Crippen molar-refractivity contribution in [2.75, 3.05) is 0 Å². The fraction of sp³-hybridized carbons (Fsp3) is 0.